The topological polar surface area (TPSA) is 20.3 Å². The Morgan fingerprint density at radius 1 is 1.62 bits per heavy atom. The molecule has 1 aliphatic rings. The molecule has 0 atom stereocenters. The van der Waals surface area contributed by atoms with E-state index in [0.717, 1.165) is 5.70 Å². The van der Waals surface area contributed by atoms with Crippen LogP contribution in [0.25, 0.3) is 0 Å². The molecule has 0 aromatic rings. The molecule has 0 unspecified atom stereocenters. The van der Waals surface area contributed by atoms with Crippen LogP contribution in [0.3, 0.4) is 0 Å². The van der Waals surface area contributed by atoms with Crippen molar-refractivity contribution in [3.05, 3.63) is 24.4 Å². The van der Waals surface area contributed by atoms with Crippen molar-refractivity contribution in [1.29, 1.82) is 0 Å². The number of carbonyl (C=O) groups excluding carboxylic acids is 1. The lowest BCUT2D eigenvalue weighted by Crippen LogP contribution is -2.16. The molecule has 1 amide bonds. The predicted molar refractivity (Wildman–Crippen MR) is 31.0 cm³/mol. The summed E-state index contributed by atoms with van der Waals surface area (Å²) >= 11 is 0. The van der Waals surface area contributed by atoms with Gasteiger partial charge in [-0.05, 0) is 6.08 Å². The Hall–Kier alpha value is -1.05. The highest BCUT2D eigenvalue weighted by Crippen LogP contribution is 2.07. The van der Waals surface area contributed by atoms with Crippen molar-refractivity contribution in [1.82, 2.24) is 4.90 Å². The van der Waals surface area contributed by atoms with E-state index >= 15 is 0 Å². The minimum atomic E-state index is 0.00926. The maximum atomic E-state index is 10.6. The molecule has 2 nitrogen and oxygen atoms in total. The second-order valence-electron chi connectivity index (χ2n) is 1.72. The fourth-order valence-corrected chi connectivity index (χ4v) is 0.533. The van der Waals surface area contributed by atoms with E-state index in [-0.39, 0.29) is 5.91 Å². The zero-order chi connectivity index (χ0) is 6.15. The van der Waals surface area contributed by atoms with Gasteiger partial charge in [0.05, 0.1) is 0 Å². The van der Waals surface area contributed by atoms with Gasteiger partial charge in [0.2, 0.25) is 0 Å². The van der Waals surface area contributed by atoms with Crippen LogP contribution >= 0.6 is 0 Å². The van der Waals surface area contributed by atoms with Crippen LogP contribution in [0.15, 0.2) is 24.4 Å². The third-order valence-electron chi connectivity index (χ3n) is 1.18. The van der Waals surface area contributed by atoms with Crippen molar-refractivity contribution >= 4 is 5.91 Å². The Balaban J connectivity index is 2.84. The molecule has 1 rings (SSSR count). The molecule has 0 spiro atoms. The standard InChI is InChI=1S/C6H7NO/c1-5-3-4-6(8)7(5)2/h3-4H,1H2,2H3. The van der Waals surface area contributed by atoms with Gasteiger partial charge in [-0.1, -0.05) is 6.58 Å². The molecule has 42 valence electrons. The van der Waals surface area contributed by atoms with E-state index in [0.29, 0.717) is 0 Å². The van der Waals surface area contributed by atoms with Crippen LogP contribution in [0.5, 0.6) is 0 Å². The first-order valence-corrected chi connectivity index (χ1v) is 2.36. The molecule has 1 aliphatic heterocycles. The molecular weight excluding hydrogens is 102 g/mol. The smallest absolute Gasteiger partial charge is 0.250 e. The van der Waals surface area contributed by atoms with Crippen molar-refractivity contribution in [2.24, 2.45) is 0 Å². The molecule has 0 fully saturated rings. The van der Waals surface area contributed by atoms with E-state index in [9.17, 15) is 4.79 Å². The molecule has 0 aromatic carbocycles. The quantitative estimate of drug-likeness (QED) is 0.444. The molecule has 0 N–H and O–H groups in total. The van der Waals surface area contributed by atoms with Gasteiger partial charge in [0.15, 0.2) is 0 Å². The minimum Gasteiger partial charge on any atom is -0.313 e. The highest BCUT2D eigenvalue weighted by Gasteiger charge is 2.11. The summed E-state index contributed by atoms with van der Waals surface area (Å²) in [5.41, 5.74) is 0.759. The SMILES string of the molecule is C=C1C=CC(=O)N1C. The number of nitrogens with zero attached hydrogens (tertiary/aromatic N) is 1. The lowest BCUT2D eigenvalue weighted by molar-refractivity contribution is -0.122. The fraction of sp³-hybridized carbons (Fsp3) is 0.167. The largest absolute Gasteiger partial charge is 0.313 e. The molecule has 0 aromatic heterocycles. The second kappa shape index (κ2) is 1.47. The molecule has 0 radical (unpaired) electrons. The third kappa shape index (κ3) is 0.541. The molecule has 0 aliphatic carbocycles. The number of hydrogen-bond donors (Lipinski definition) is 0. The first-order valence-electron chi connectivity index (χ1n) is 2.36. The first-order chi connectivity index (χ1) is 3.72. The fourth-order valence-electron chi connectivity index (χ4n) is 0.533. The number of hydrogen-bond acceptors (Lipinski definition) is 1. The predicted octanol–water partition coefficient (Wildman–Crippen LogP) is 0.528. The Morgan fingerprint density at radius 2 is 2.25 bits per heavy atom. The summed E-state index contributed by atoms with van der Waals surface area (Å²) in [6.07, 6.45) is 3.20. The highest BCUT2D eigenvalue weighted by atomic mass is 16.2. The number of carbonyl (C=O) groups is 1. The second-order valence-corrected chi connectivity index (χ2v) is 1.72. The molecule has 1 heterocycles. The molecule has 0 bridgehead atoms. The third-order valence-corrected chi connectivity index (χ3v) is 1.18. The van der Waals surface area contributed by atoms with Crippen LogP contribution in [0.1, 0.15) is 0 Å². The normalized spacial score (nSPS) is 18.4. The van der Waals surface area contributed by atoms with Crippen LogP contribution in [0.4, 0.5) is 0 Å². The molecule has 0 saturated carbocycles. The molecule has 8 heavy (non-hydrogen) atoms. The molecule has 2 heteroatoms. The summed E-state index contributed by atoms with van der Waals surface area (Å²) in [4.78, 5) is 12.1. The monoisotopic (exact) mass is 109 g/mol. The Morgan fingerprint density at radius 3 is 2.38 bits per heavy atom. The van der Waals surface area contributed by atoms with E-state index in [2.05, 4.69) is 6.58 Å². The number of allylic oxidation sites excluding steroid dienone is 1. The summed E-state index contributed by atoms with van der Waals surface area (Å²) in [6, 6.07) is 0. The van der Waals surface area contributed by atoms with E-state index in [1.165, 1.54) is 11.0 Å². The summed E-state index contributed by atoms with van der Waals surface area (Å²) in [6.45, 7) is 3.60. The van der Waals surface area contributed by atoms with E-state index in [4.69, 9.17) is 0 Å². The zero-order valence-corrected chi connectivity index (χ0v) is 4.72. The highest BCUT2D eigenvalue weighted by molar-refractivity contribution is 5.92. The average Bonchev–Trinajstić information content (AvgIpc) is 1.98. The van der Waals surface area contributed by atoms with Crippen molar-refractivity contribution < 1.29 is 4.79 Å². The summed E-state index contributed by atoms with van der Waals surface area (Å²) in [5.74, 6) is 0.00926. The van der Waals surface area contributed by atoms with Gasteiger partial charge < -0.3 is 4.90 Å². The van der Waals surface area contributed by atoms with Gasteiger partial charge in [0.25, 0.3) is 5.91 Å². The van der Waals surface area contributed by atoms with Crippen LogP contribution < -0.4 is 0 Å². The maximum absolute atomic E-state index is 10.6. The minimum absolute atomic E-state index is 0.00926. The first kappa shape index (κ1) is 5.09. The summed E-state index contributed by atoms with van der Waals surface area (Å²) in [7, 11) is 1.70. The van der Waals surface area contributed by atoms with Gasteiger partial charge >= 0.3 is 0 Å². The molecule has 0 saturated heterocycles. The van der Waals surface area contributed by atoms with Crippen molar-refractivity contribution in [2.45, 2.75) is 0 Å². The van der Waals surface area contributed by atoms with Crippen LogP contribution in [0.2, 0.25) is 0 Å². The Kier molecular flexibility index (Phi) is 0.938. The van der Waals surface area contributed by atoms with Gasteiger partial charge in [-0.3, -0.25) is 4.79 Å². The number of amides is 1. The number of likely N-dealkylation sites (N-methyl/N-ethyl adjacent to an activating group) is 1. The van der Waals surface area contributed by atoms with Gasteiger partial charge in [-0.2, -0.15) is 0 Å². The van der Waals surface area contributed by atoms with Gasteiger partial charge in [0.1, 0.15) is 0 Å². The van der Waals surface area contributed by atoms with Crippen molar-refractivity contribution in [3.8, 4) is 0 Å². The van der Waals surface area contributed by atoms with Crippen LogP contribution in [-0.4, -0.2) is 17.9 Å². The Labute approximate surface area is 48.1 Å². The number of rotatable bonds is 0. The average molecular weight is 109 g/mol. The van der Waals surface area contributed by atoms with Gasteiger partial charge in [-0.25, -0.2) is 0 Å². The van der Waals surface area contributed by atoms with Crippen LogP contribution in [-0.2, 0) is 4.79 Å². The van der Waals surface area contributed by atoms with E-state index < -0.39 is 0 Å². The van der Waals surface area contributed by atoms with Crippen molar-refractivity contribution in [2.75, 3.05) is 7.05 Å². The molecular formula is C6H7NO. The van der Waals surface area contributed by atoms with Crippen molar-refractivity contribution in [3.63, 3.8) is 0 Å². The lowest BCUT2D eigenvalue weighted by Gasteiger charge is -2.06. The van der Waals surface area contributed by atoms with E-state index in [1.807, 2.05) is 0 Å². The van der Waals surface area contributed by atoms with Crippen LogP contribution in [0, 0.1) is 0 Å². The summed E-state index contributed by atoms with van der Waals surface area (Å²) < 4.78 is 0. The van der Waals surface area contributed by atoms with Gasteiger partial charge in [0, 0.05) is 18.8 Å². The zero-order valence-electron chi connectivity index (χ0n) is 4.72. The maximum Gasteiger partial charge on any atom is 0.250 e. The Bertz CT molecular complexity index is 151. The lowest BCUT2D eigenvalue weighted by atomic mass is 10.5. The van der Waals surface area contributed by atoms with Gasteiger partial charge in [-0.15, -0.1) is 0 Å². The van der Waals surface area contributed by atoms with E-state index in [1.54, 1.807) is 13.1 Å². The summed E-state index contributed by atoms with van der Waals surface area (Å²) in [5, 5.41) is 0.